The molecule has 0 bridgehead atoms. The summed E-state index contributed by atoms with van der Waals surface area (Å²) in [5.74, 6) is 0.317. The Morgan fingerprint density at radius 2 is 2.15 bits per heavy atom. The second-order valence-electron chi connectivity index (χ2n) is 6.25. The van der Waals surface area contributed by atoms with Crippen LogP contribution < -0.4 is 10.1 Å². The van der Waals surface area contributed by atoms with Crippen LogP contribution in [0.3, 0.4) is 0 Å². The smallest absolute Gasteiger partial charge is 0.271 e. The van der Waals surface area contributed by atoms with Gasteiger partial charge in [-0.1, -0.05) is 12.1 Å². The van der Waals surface area contributed by atoms with Gasteiger partial charge < -0.3 is 20.1 Å². The zero-order valence-corrected chi connectivity index (χ0v) is 14.8. The third-order valence-corrected chi connectivity index (χ3v) is 4.27. The van der Waals surface area contributed by atoms with E-state index in [2.05, 4.69) is 21.4 Å². The summed E-state index contributed by atoms with van der Waals surface area (Å²) < 4.78 is 5.77. The van der Waals surface area contributed by atoms with E-state index in [1.165, 1.54) is 12.5 Å². The first-order chi connectivity index (χ1) is 13.1. The van der Waals surface area contributed by atoms with Gasteiger partial charge in [-0.25, -0.2) is 4.98 Å². The monoisotopic (exact) mass is 364 g/mol. The van der Waals surface area contributed by atoms with Crippen LogP contribution in [0.5, 0.6) is 5.75 Å². The largest absolute Gasteiger partial charge is 0.493 e. The van der Waals surface area contributed by atoms with E-state index in [-0.39, 0.29) is 11.6 Å². The van der Waals surface area contributed by atoms with E-state index in [0.717, 1.165) is 10.8 Å². The summed E-state index contributed by atoms with van der Waals surface area (Å²) in [6.45, 7) is 1.94. The van der Waals surface area contributed by atoms with Gasteiger partial charge in [0.1, 0.15) is 11.4 Å². The molecule has 2 atom stereocenters. The number of H-pyrrole nitrogens is 1. The fourth-order valence-electron chi connectivity index (χ4n) is 2.75. The van der Waals surface area contributed by atoms with Crippen LogP contribution in [0.4, 0.5) is 0 Å². The Bertz CT molecular complexity index is 961. The third kappa shape index (κ3) is 4.63. The minimum Gasteiger partial charge on any atom is -0.493 e. The topological polar surface area (TPSA) is 111 Å². The quantitative estimate of drug-likeness (QED) is 0.596. The average molecular weight is 364 g/mol. The van der Waals surface area contributed by atoms with E-state index in [0.29, 0.717) is 24.3 Å². The van der Waals surface area contributed by atoms with Gasteiger partial charge in [0.25, 0.3) is 5.91 Å². The normalized spacial score (nSPS) is 12.9. The summed E-state index contributed by atoms with van der Waals surface area (Å²) in [6, 6.07) is 12.8. The molecule has 0 unspecified atom stereocenters. The Balaban J connectivity index is 1.60. The number of hydrogen-bond donors (Lipinski definition) is 3. The number of aliphatic hydroxyl groups excluding tert-OH is 1. The van der Waals surface area contributed by atoms with Gasteiger partial charge in [-0.05, 0) is 42.0 Å². The molecule has 0 radical (unpaired) electrons. The van der Waals surface area contributed by atoms with Gasteiger partial charge in [0.05, 0.1) is 36.7 Å². The molecule has 3 aromatic rings. The van der Waals surface area contributed by atoms with Crippen LogP contribution in [0.2, 0.25) is 0 Å². The van der Waals surface area contributed by atoms with Crippen molar-refractivity contribution in [2.24, 2.45) is 0 Å². The number of aromatic amines is 1. The second kappa shape index (κ2) is 8.34. The number of benzene rings is 2. The van der Waals surface area contributed by atoms with Crippen molar-refractivity contribution in [3.63, 3.8) is 0 Å². The number of hydrogen-bond acceptors (Lipinski definition) is 5. The lowest BCUT2D eigenvalue weighted by Gasteiger charge is -2.21. The number of carbonyl (C=O) groups excluding carboxylic acids is 1. The van der Waals surface area contributed by atoms with Gasteiger partial charge in [0, 0.05) is 12.6 Å². The fraction of sp³-hybridized carbons (Fsp3) is 0.250. The molecule has 0 saturated carbocycles. The molecule has 1 aromatic heterocycles. The molecule has 3 rings (SSSR count). The van der Waals surface area contributed by atoms with Crippen LogP contribution in [0.1, 0.15) is 29.4 Å². The van der Waals surface area contributed by atoms with Crippen molar-refractivity contribution < 1.29 is 14.6 Å². The maximum Gasteiger partial charge on any atom is 0.271 e. The predicted octanol–water partition coefficient (Wildman–Crippen LogP) is 2.38. The van der Waals surface area contributed by atoms with Crippen molar-refractivity contribution in [3.05, 3.63) is 60.2 Å². The predicted molar refractivity (Wildman–Crippen MR) is 100 cm³/mol. The SMILES string of the molecule is C[C@H](O)[C@@H](CCOc1ccc2ccc(C#N)cc2c1)NC(=O)c1c[nH]cn1. The zero-order valence-electron chi connectivity index (χ0n) is 14.8. The van der Waals surface area contributed by atoms with Gasteiger partial charge >= 0.3 is 0 Å². The van der Waals surface area contributed by atoms with E-state index < -0.39 is 12.1 Å². The van der Waals surface area contributed by atoms with Crippen LogP contribution in [0.15, 0.2) is 48.9 Å². The zero-order chi connectivity index (χ0) is 19.2. The molecule has 138 valence electrons. The summed E-state index contributed by atoms with van der Waals surface area (Å²) in [7, 11) is 0. The van der Waals surface area contributed by atoms with Gasteiger partial charge in [0.15, 0.2) is 0 Å². The van der Waals surface area contributed by atoms with Gasteiger partial charge in [-0.15, -0.1) is 0 Å². The van der Waals surface area contributed by atoms with E-state index in [4.69, 9.17) is 10.00 Å². The number of nitriles is 1. The van der Waals surface area contributed by atoms with Gasteiger partial charge in [-0.3, -0.25) is 4.79 Å². The number of nitrogens with zero attached hydrogens (tertiary/aromatic N) is 2. The number of amides is 1. The molecular formula is C20H20N4O3. The lowest BCUT2D eigenvalue weighted by molar-refractivity contribution is 0.0827. The molecule has 0 aliphatic rings. The molecular weight excluding hydrogens is 344 g/mol. The minimum absolute atomic E-state index is 0.268. The van der Waals surface area contributed by atoms with Gasteiger partial charge in [0.2, 0.25) is 0 Å². The molecule has 0 aliphatic carbocycles. The molecule has 7 heteroatoms. The van der Waals surface area contributed by atoms with E-state index in [1.54, 1.807) is 13.0 Å². The highest BCUT2D eigenvalue weighted by Crippen LogP contribution is 2.22. The number of ether oxygens (including phenoxy) is 1. The number of aromatic nitrogens is 2. The van der Waals surface area contributed by atoms with Crippen LogP contribution in [0, 0.1) is 11.3 Å². The molecule has 0 aliphatic heterocycles. The first kappa shape index (κ1) is 18.4. The Labute approximate surface area is 156 Å². The Morgan fingerprint density at radius 1 is 1.33 bits per heavy atom. The molecule has 27 heavy (non-hydrogen) atoms. The van der Waals surface area contributed by atoms with E-state index in [9.17, 15) is 9.90 Å². The summed E-state index contributed by atoms with van der Waals surface area (Å²) in [5.41, 5.74) is 0.860. The van der Waals surface area contributed by atoms with Crippen molar-refractivity contribution >= 4 is 16.7 Å². The maximum absolute atomic E-state index is 12.1. The summed E-state index contributed by atoms with van der Waals surface area (Å²) in [6.07, 6.45) is 2.62. The lowest BCUT2D eigenvalue weighted by Crippen LogP contribution is -2.43. The number of imidazole rings is 1. The van der Waals surface area contributed by atoms with Crippen molar-refractivity contribution in [1.29, 1.82) is 5.26 Å². The van der Waals surface area contributed by atoms with Crippen LogP contribution >= 0.6 is 0 Å². The summed E-state index contributed by atoms with van der Waals surface area (Å²) in [4.78, 5) is 18.7. The number of carbonyl (C=O) groups is 1. The lowest BCUT2D eigenvalue weighted by atomic mass is 10.1. The highest BCUT2D eigenvalue weighted by molar-refractivity contribution is 5.92. The van der Waals surface area contributed by atoms with E-state index in [1.807, 2.05) is 30.3 Å². The van der Waals surface area contributed by atoms with Crippen LogP contribution in [-0.4, -0.2) is 39.7 Å². The van der Waals surface area contributed by atoms with Crippen molar-refractivity contribution in [1.82, 2.24) is 15.3 Å². The van der Waals surface area contributed by atoms with Gasteiger partial charge in [-0.2, -0.15) is 5.26 Å². The summed E-state index contributed by atoms with van der Waals surface area (Å²) >= 11 is 0. The van der Waals surface area contributed by atoms with Crippen molar-refractivity contribution in [2.45, 2.75) is 25.5 Å². The molecule has 3 N–H and O–H groups in total. The number of fused-ring (bicyclic) bond motifs is 1. The number of aliphatic hydroxyl groups is 1. The van der Waals surface area contributed by atoms with Crippen LogP contribution in [0.25, 0.3) is 10.8 Å². The number of nitrogens with one attached hydrogen (secondary N) is 2. The van der Waals surface area contributed by atoms with E-state index >= 15 is 0 Å². The molecule has 0 saturated heterocycles. The molecule has 7 nitrogen and oxygen atoms in total. The molecule has 2 aromatic carbocycles. The third-order valence-electron chi connectivity index (χ3n) is 4.27. The fourth-order valence-corrected chi connectivity index (χ4v) is 2.75. The molecule has 0 spiro atoms. The van der Waals surface area contributed by atoms with Crippen molar-refractivity contribution in [2.75, 3.05) is 6.61 Å². The molecule has 1 heterocycles. The molecule has 0 fully saturated rings. The number of rotatable bonds is 7. The average Bonchev–Trinajstić information content (AvgIpc) is 3.21. The standard InChI is InChI=1S/C20H20N4O3/c1-13(25)18(24-20(26)19-11-22-12-23-19)6-7-27-17-5-4-15-3-2-14(10-21)8-16(15)9-17/h2-5,8-9,11-13,18,25H,6-7H2,1H3,(H,22,23)(H,24,26)/t13-,18+/m0/s1. The first-order valence-electron chi connectivity index (χ1n) is 8.61. The highest BCUT2D eigenvalue weighted by Gasteiger charge is 2.19. The van der Waals surface area contributed by atoms with Crippen LogP contribution in [-0.2, 0) is 0 Å². The first-order valence-corrected chi connectivity index (χ1v) is 8.61. The Morgan fingerprint density at radius 3 is 2.85 bits per heavy atom. The summed E-state index contributed by atoms with van der Waals surface area (Å²) in [5, 5.41) is 23.6. The Kier molecular flexibility index (Phi) is 5.69. The van der Waals surface area contributed by atoms with Crippen molar-refractivity contribution in [3.8, 4) is 11.8 Å². The minimum atomic E-state index is -0.730. The highest BCUT2D eigenvalue weighted by atomic mass is 16.5. The Hall–Kier alpha value is -3.37. The molecule has 1 amide bonds. The second-order valence-corrected chi connectivity index (χ2v) is 6.25. The maximum atomic E-state index is 12.1.